The van der Waals surface area contributed by atoms with E-state index in [1.54, 1.807) is 0 Å². The quantitative estimate of drug-likeness (QED) is 0.139. The van der Waals surface area contributed by atoms with E-state index >= 15 is 0 Å². The van der Waals surface area contributed by atoms with Crippen molar-refractivity contribution in [2.24, 2.45) is 0 Å². The zero-order valence-corrected chi connectivity index (χ0v) is 28.3. The van der Waals surface area contributed by atoms with E-state index < -0.39 is 0 Å². The fraction of sp³-hybridized carbons (Fsp3) is 0. The van der Waals surface area contributed by atoms with Crippen LogP contribution in [0.5, 0.6) is 0 Å². The predicted octanol–water partition coefficient (Wildman–Crippen LogP) is 13.6. The van der Waals surface area contributed by atoms with Crippen LogP contribution < -0.4 is 0 Å². The van der Waals surface area contributed by atoms with Crippen molar-refractivity contribution in [1.82, 2.24) is 9.97 Å². The van der Waals surface area contributed by atoms with Crippen molar-refractivity contribution in [3.8, 4) is 33.6 Å². The fourth-order valence-corrected chi connectivity index (χ4v) is 9.11. The van der Waals surface area contributed by atoms with Gasteiger partial charge in [0, 0.05) is 42.1 Å². The predicted molar refractivity (Wildman–Crippen MR) is 219 cm³/mol. The molecule has 0 spiro atoms. The van der Waals surface area contributed by atoms with E-state index in [4.69, 9.17) is 9.97 Å². The summed E-state index contributed by atoms with van der Waals surface area (Å²) in [5.41, 5.74) is 8.39. The van der Waals surface area contributed by atoms with Gasteiger partial charge in [-0.3, -0.25) is 0 Å². The van der Waals surface area contributed by atoms with Crippen LogP contribution >= 0.6 is 11.3 Å². The largest absolute Gasteiger partial charge is 0.245 e. The van der Waals surface area contributed by atoms with Gasteiger partial charge >= 0.3 is 0 Å². The SMILES string of the molecule is c1ccc(-c2ccc3ccc4ccc(-c5ccc(-c6ccc7c(ccc8c9ccccc9sc78)c6)c6cc7ccccc7cc56)nc4c3n2)cc1. The Hall–Kier alpha value is -6.42. The molecule has 11 rings (SSSR count). The van der Waals surface area contributed by atoms with Crippen LogP contribution in [0.2, 0.25) is 0 Å². The van der Waals surface area contributed by atoms with E-state index in [0.717, 1.165) is 44.3 Å². The second-order valence-electron chi connectivity index (χ2n) is 13.4. The molecule has 2 nitrogen and oxygen atoms in total. The molecule has 0 saturated heterocycles. The van der Waals surface area contributed by atoms with Gasteiger partial charge in [-0.05, 0) is 79.8 Å². The van der Waals surface area contributed by atoms with Crippen LogP contribution in [-0.2, 0) is 0 Å². The van der Waals surface area contributed by atoms with Gasteiger partial charge in [0.15, 0.2) is 0 Å². The Morgan fingerprint density at radius 1 is 0.333 bits per heavy atom. The highest BCUT2D eigenvalue weighted by Gasteiger charge is 2.16. The number of hydrogen-bond donors (Lipinski definition) is 0. The summed E-state index contributed by atoms with van der Waals surface area (Å²) in [5, 5.41) is 12.3. The molecule has 0 aliphatic carbocycles. The van der Waals surface area contributed by atoms with Crippen LogP contribution in [0.25, 0.3) is 108 Å². The lowest BCUT2D eigenvalue weighted by atomic mass is 9.90. The molecular weight excluding hydrogens is 637 g/mol. The maximum atomic E-state index is 5.37. The molecule has 0 aliphatic rings. The molecular formula is C48H28N2S. The van der Waals surface area contributed by atoms with Crippen molar-refractivity contribution in [1.29, 1.82) is 0 Å². The first-order chi connectivity index (χ1) is 25.2. The van der Waals surface area contributed by atoms with Crippen LogP contribution in [-0.4, -0.2) is 9.97 Å². The summed E-state index contributed by atoms with van der Waals surface area (Å²) in [4.78, 5) is 10.5. The van der Waals surface area contributed by atoms with Gasteiger partial charge in [-0.15, -0.1) is 11.3 Å². The molecule has 8 aromatic carbocycles. The van der Waals surface area contributed by atoms with Gasteiger partial charge in [0.25, 0.3) is 0 Å². The van der Waals surface area contributed by atoms with E-state index in [1.165, 1.54) is 63.6 Å². The lowest BCUT2D eigenvalue weighted by Crippen LogP contribution is -1.92. The number of aromatic nitrogens is 2. The molecule has 3 heterocycles. The number of benzene rings is 8. The van der Waals surface area contributed by atoms with Crippen molar-refractivity contribution in [3.63, 3.8) is 0 Å². The highest BCUT2D eigenvalue weighted by atomic mass is 32.1. The minimum Gasteiger partial charge on any atom is -0.245 e. The van der Waals surface area contributed by atoms with E-state index in [2.05, 4.69) is 164 Å². The first-order valence-corrected chi connectivity index (χ1v) is 18.1. The Labute approximate surface area is 297 Å². The Kier molecular flexibility index (Phi) is 6.16. The summed E-state index contributed by atoms with van der Waals surface area (Å²) in [7, 11) is 0. The third-order valence-corrected chi connectivity index (χ3v) is 11.6. The van der Waals surface area contributed by atoms with Crippen molar-refractivity contribution >= 4 is 85.6 Å². The summed E-state index contributed by atoms with van der Waals surface area (Å²) in [6.07, 6.45) is 0. The van der Waals surface area contributed by atoms with Crippen molar-refractivity contribution in [3.05, 3.63) is 170 Å². The Bertz CT molecular complexity index is 3190. The molecule has 11 aromatic rings. The van der Waals surface area contributed by atoms with Gasteiger partial charge in [0.2, 0.25) is 0 Å². The topological polar surface area (TPSA) is 25.8 Å². The zero-order valence-electron chi connectivity index (χ0n) is 27.5. The molecule has 0 radical (unpaired) electrons. The summed E-state index contributed by atoms with van der Waals surface area (Å²) < 4.78 is 2.69. The lowest BCUT2D eigenvalue weighted by molar-refractivity contribution is 1.37. The van der Waals surface area contributed by atoms with Crippen LogP contribution in [0.15, 0.2) is 170 Å². The maximum absolute atomic E-state index is 5.37. The Balaban J connectivity index is 1.12. The summed E-state index contributed by atoms with van der Waals surface area (Å²) in [5.74, 6) is 0. The number of rotatable bonds is 3. The number of hydrogen-bond acceptors (Lipinski definition) is 3. The lowest BCUT2D eigenvalue weighted by Gasteiger charge is -2.15. The third-order valence-electron chi connectivity index (χ3n) is 10.4. The molecule has 0 atom stereocenters. The molecule has 0 aliphatic heterocycles. The summed E-state index contributed by atoms with van der Waals surface area (Å²) >= 11 is 1.89. The third kappa shape index (κ3) is 4.49. The van der Waals surface area contributed by atoms with Crippen LogP contribution in [0, 0.1) is 0 Å². The number of pyridine rings is 2. The monoisotopic (exact) mass is 664 g/mol. The van der Waals surface area contributed by atoms with Gasteiger partial charge in [-0.25, -0.2) is 9.97 Å². The zero-order chi connectivity index (χ0) is 33.5. The molecule has 3 heteroatoms. The molecule has 0 amide bonds. The van der Waals surface area contributed by atoms with Gasteiger partial charge in [0.1, 0.15) is 0 Å². The molecule has 0 N–H and O–H groups in total. The molecule has 51 heavy (non-hydrogen) atoms. The van der Waals surface area contributed by atoms with Crippen molar-refractivity contribution < 1.29 is 0 Å². The molecule has 0 saturated carbocycles. The van der Waals surface area contributed by atoms with Crippen molar-refractivity contribution in [2.45, 2.75) is 0 Å². The summed E-state index contributed by atoms with van der Waals surface area (Å²) in [6.45, 7) is 0. The number of fused-ring (bicyclic) bond motifs is 10. The van der Waals surface area contributed by atoms with Gasteiger partial charge in [-0.1, -0.05) is 133 Å². The highest BCUT2D eigenvalue weighted by molar-refractivity contribution is 7.26. The number of nitrogens with zero attached hydrogens (tertiary/aromatic N) is 2. The summed E-state index contributed by atoms with van der Waals surface area (Å²) in [6, 6.07) is 61.4. The van der Waals surface area contributed by atoms with E-state index in [0.29, 0.717) is 0 Å². The smallest absolute Gasteiger partial charge is 0.0972 e. The van der Waals surface area contributed by atoms with Gasteiger partial charge in [0.05, 0.1) is 22.4 Å². The van der Waals surface area contributed by atoms with Crippen LogP contribution in [0.4, 0.5) is 0 Å². The average Bonchev–Trinajstić information content (AvgIpc) is 3.58. The van der Waals surface area contributed by atoms with Gasteiger partial charge < -0.3 is 0 Å². The first kappa shape index (κ1) is 28.4. The van der Waals surface area contributed by atoms with Gasteiger partial charge in [-0.2, -0.15) is 0 Å². The average molecular weight is 665 g/mol. The number of thiophene rings is 1. The maximum Gasteiger partial charge on any atom is 0.0972 e. The minimum absolute atomic E-state index is 0.919. The minimum atomic E-state index is 0.919. The molecule has 0 bridgehead atoms. The van der Waals surface area contributed by atoms with E-state index in [9.17, 15) is 0 Å². The second-order valence-corrected chi connectivity index (χ2v) is 14.4. The van der Waals surface area contributed by atoms with E-state index in [-0.39, 0.29) is 0 Å². The normalized spacial score (nSPS) is 11.9. The molecule has 0 fully saturated rings. The van der Waals surface area contributed by atoms with E-state index in [1.807, 2.05) is 17.4 Å². The molecule has 236 valence electrons. The fourth-order valence-electron chi connectivity index (χ4n) is 7.87. The standard InChI is InChI=1S/C48H28N2S/c1-2-8-29(9-3-1)43-24-18-30-14-15-31-19-25-44(50-47(31)46(30)49-43)38-23-22-36(41-27-32-10-4-5-11-33(32)28-42(38)41)34-16-20-37-35(26-34)17-21-40-39-12-6-7-13-45(39)51-48(37)40/h1-28H. The Morgan fingerprint density at radius 2 is 0.941 bits per heavy atom. The molecule has 0 unspecified atom stereocenters. The Morgan fingerprint density at radius 3 is 1.75 bits per heavy atom. The molecule has 3 aromatic heterocycles. The van der Waals surface area contributed by atoms with Crippen LogP contribution in [0.3, 0.4) is 0 Å². The highest BCUT2D eigenvalue weighted by Crippen LogP contribution is 2.42. The second kappa shape index (κ2) is 11.0. The first-order valence-electron chi connectivity index (χ1n) is 17.3. The van der Waals surface area contributed by atoms with Crippen molar-refractivity contribution in [2.75, 3.05) is 0 Å². The van der Waals surface area contributed by atoms with Crippen LogP contribution in [0.1, 0.15) is 0 Å².